The molecular weight excluding hydrogens is 258 g/mol. The zero-order chi connectivity index (χ0) is 14.2. The predicted molar refractivity (Wildman–Crippen MR) is 74.2 cm³/mol. The number of furan rings is 1. The molecule has 0 unspecified atom stereocenters. The van der Waals surface area contributed by atoms with Gasteiger partial charge in [-0.3, -0.25) is 0 Å². The summed E-state index contributed by atoms with van der Waals surface area (Å²) in [6.07, 6.45) is 0. The summed E-state index contributed by atoms with van der Waals surface area (Å²) in [5, 5.41) is 21.0. The lowest BCUT2D eigenvalue weighted by molar-refractivity contribution is 0.200. The molecule has 2 aromatic rings. The third-order valence-corrected chi connectivity index (χ3v) is 2.81. The van der Waals surface area contributed by atoms with Crippen LogP contribution >= 0.6 is 0 Å². The molecule has 3 N–H and O–H groups in total. The van der Waals surface area contributed by atoms with Crippen molar-refractivity contribution in [3.63, 3.8) is 0 Å². The minimum Gasteiger partial charge on any atom is -0.491 e. The Morgan fingerprint density at radius 3 is 2.55 bits per heavy atom. The molecule has 5 heteroatoms. The molecule has 0 aliphatic rings. The van der Waals surface area contributed by atoms with Crippen LogP contribution in [0.5, 0.6) is 5.75 Å². The lowest BCUT2D eigenvalue weighted by atomic mass is 10.2. The maximum atomic E-state index is 8.92. The van der Waals surface area contributed by atoms with Crippen molar-refractivity contribution in [1.29, 1.82) is 0 Å². The number of para-hydroxylation sites is 1. The van der Waals surface area contributed by atoms with Gasteiger partial charge in [0.15, 0.2) is 0 Å². The van der Waals surface area contributed by atoms with E-state index in [4.69, 9.17) is 19.4 Å². The van der Waals surface area contributed by atoms with E-state index in [-0.39, 0.29) is 19.8 Å². The molecule has 1 heterocycles. The van der Waals surface area contributed by atoms with Crippen LogP contribution in [-0.2, 0) is 19.7 Å². The van der Waals surface area contributed by atoms with Gasteiger partial charge in [-0.15, -0.1) is 0 Å². The summed E-state index contributed by atoms with van der Waals surface area (Å²) < 4.78 is 10.9. The number of hydrogen-bond acceptors (Lipinski definition) is 5. The number of aliphatic hydroxyl groups excluding tert-OH is 2. The first-order chi connectivity index (χ1) is 9.83. The molecule has 0 atom stereocenters. The first kappa shape index (κ1) is 14.6. The van der Waals surface area contributed by atoms with Crippen molar-refractivity contribution in [2.45, 2.75) is 19.7 Å². The zero-order valence-electron chi connectivity index (χ0n) is 11.2. The minimum absolute atomic E-state index is 0.00189. The summed E-state index contributed by atoms with van der Waals surface area (Å²) in [4.78, 5) is 0. The number of hydrogen-bond donors (Lipinski definition) is 3. The van der Waals surface area contributed by atoms with Crippen molar-refractivity contribution in [1.82, 2.24) is 5.32 Å². The molecule has 0 bridgehead atoms. The van der Waals surface area contributed by atoms with Gasteiger partial charge >= 0.3 is 0 Å². The van der Waals surface area contributed by atoms with Crippen LogP contribution in [-0.4, -0.2) is 23.4 Å². The molecule has 20 heavy (non-hydrogen) atoms. The van der Waals surface area contributed by atoms with Crippen LogP contribution in [0.1, 0.15) is 17.1 Å². The van der Waals surface area contributed by atoms with Gasteiger partial charge in [0.05, 0.1) is 13.2 Å². The molecule has 0 radical (unpaired) electrons. The maximum absolute atomic E-state index is 8.92. The largest absolute Gasteiger partial charge is 0.491 e. The molecule has 0 fully saturated rings. The van der Waals surface area contributed by atoms with Gasteiger partial charge in [0.1, 0.15) is 30.5 Å². The van der Waals surface area contributed by atoms with E-state index in [1.165, 1.54) is 0 Å². The lowest BCUT2D eigenvalue weighted by Crippen LogP contribution is -2.13. The molecule has 2 rings (SSSR count). The molecule has 0 aliphatic carbocycles. The topological polar surface area (TPSA) is 74.9 Å². The summed E-state index contributed by atoms with van der Waals surface area (Å²) >= 11 is 0. The quantitative estimate of drug-likeness (QED) is 0.680. The van der Waals surface area contributed by atoms with E-state index in [9.17, 15) is 0 Å². The number of rotatable bonds is 8. The van der Waals surface area contributed by atoms with Crippen LogP contribution in [0.15, 0.2) is 40.8 Å². The van der Waals surface area contributed by atoms with Crippen molar-refractivity contribution >= 4 is 0 Å². The van der Waals surface area contributed by atoms with Crippen LogP contribution in [0.4, 0.5) is 0 Å². The van der Waals surface area contributed by atoms with E-state index < -0.39 is 0 Å². The van der Waals surface area contributed by atoms with Crippen molar-refractivity contribution in [3.05, 3.63) is 53.5 Å². The number of benzene rings is 1. The number of ether oxygens (including phenoxy) is 1. The van der Waals surface area contributed by atoms with Crippen LogP contribution in [0, 0.1) is 0 Å². The summed E-state index contributed by atoms with van der Waals surface area (Å²) in [6, 6.07) is 11.3. The fourth-order valence-corrected chi connectivity index (χ4v) is 1.87. The van der Waals surface area contributed by atoms with Gasteiger partial charge < -0.3 is 24.7 Å². The summed E-state index contributed by atoms with van der Waals surface area (Å²) in [6.45, 7) is 1.41. The van der Waals surface area contributed by atoms with Gasteiger partial charge in [0.2, 0.25) is 0 Å². The normalized spacial score (nSPS) is 10.7. The lowest BCUT2D eigenvalue weighted by Gasteiger charge is -2.10. The van der Waals surface area contributed by atoms with Gasteiger partial charge in [0, 0.05) is 12.1 Å². The SMILES string of the molecule is OCCOc1ccccc1CNCc1ccc(CO)o1. The van der Waals surface area contributed by atoms with Crippen molar-refractivity contribution < 1.29 is 19.4 Å². The fraction of sp³-hybridized carbons (Fsp3) is 0.333. The van der Waals surface area contributed by atoms with Crippen LogP contribution in [0.2, 0.25) is 0 Å². The Bertz CT molecular complexity index is 524. The highest BCUT2D eigenvalue weighted by molar-refractivity contribution is 5.33. The van der Waals surface area contributed by atoms with Crippen molar-refractivity contribution in [2.24, 2.45) is 0 Å². The van der Waals surface area contributed by atoms with Gasteiger partial charge in [0.25, 0.3) is 0 Å². The predicted octanol–water partition coefficient (Wildman–Crippen LogP) is 1.43. The Balaban J connectivity index is 1.87. The van der Waals surface area contributed by atoms with Gasteiger partial charge in [-0.05, 0) is 18.2 Å². The Labute approximate surface area is 117 Å². The maximum Gasteiger partial charge on any atom is 0.129 e. The zero-order valence-corrected chi connectivity index (χ0v) is 11.2. The third kappa shape index (κ3) is 4.09. The molecule has 0 saturated heterocycles. The monoisotopic (exact) mass is 277 g/mol. The van der Waals surface area contributed by atoms with Crippen molar-refractivity contribution in [3.8, 4) is 5.75 Å². The van der Waals surface area contributed by atoms with Crippen LogP contribution in [0.3, 0.4) is 0 Å². The molecule has 0 amide bonds. The molecule has 0 spiro atoms. The molecular formula is C15H19NO4. The summed E-state index contributed by atoms with van der Waals surface area (Å²) in [7, 11) is 0. The Kier molecular flexibility index (Phi) is 5.61. The van der Waals surface area contributed by atoms with E-state index in [1.807, 2.05) is 30.3 Å². The van der Waals surface area contributed by atoms with Gasteiger partial charge in [-0.2, -0.15) is 0 Å². The fourth-order valence-electron chi connectivity index (χ4n) is 1.87. The second-order valence-corrected chi connectivity index (χ2v) is 4.31. The highest BCUT2D eigenvalue weighted by atomic mass is 16.5. The van der Waals surface area contributed by atoms with Crippen LogP contribution < -0.4 is 10.1 Å². The second kappa shape index (κ2) is 7.69. The standard InChI is InChI=1S/C15H19NO4/c17-7-8-19-15-4-2-1-3-12(15)9-16-10-13-5-6-14(11-18)20-13/h1-6,16-18H,7-11H2. The summed E-state index contributed by atoms with van der Waals surface area (Å²) in [5.74, 6) is 2.11. The molecule has 0 aliphatic heterocycles. The van der Waals surface area contributed by atoms with E-state index in [0.717, 1.165) is 17.1 Å². The average Bonchev–Trinajstić information content (AvgIpc) is 2.94. The highest BCUT2D eigenvalue weighted by Crippen LogP contribution is 2.17. The third-order valence-electron chi connectivity index (χ3n) is 2.81. The smallest absolute Gasteiger partial charge is 0.129 e. The molecule has 5 nitrogen and oxygen atoms in total. The van der Waals surface area contributed by atoms with Crippen LogP contribution in [0.25, 0.3) is 0 Å². The first-order valence-corrected chi connectivity index (χ1v) is 6.54. The number of nitrogens with one attached hydrogen (secondary N) is 1. The number of aliphatic hydroxyl groups is 2. The Hall–Kier alpha value is -1.82. The average molecular weight is 277 g/mol. The van der Waals surface area contributed by atoms with Gasteiger partial charge in [-0.1, -0.05) is 18.2 Å². The van der Waals surface area contributed by atoms with E-state index in [0.29, 0.717) is 18.8 Å². The Morgan fingerprint density at radius 2 is 1.80 bits per heavy atom. The molecule has 0 saturated carbocycles. The highest BCUT2D eigenvalue weighted by Gasteiger charge is 2.04. The van der Waals surface area contributed by atoms with E-state index in [2.05, 4.69) is 5.32 Å². The summed E-state index contributed by atoms with van der Waals surface area (Å²) in [5.41, 5.74) is 1.02. The Morgan fingerprint density at radius 1 is 1.00 bits per heavy atom. The first-order valence-electron chi connectivity index (χ1n) is 6.54. The molecule has 1 aromatic carbocycles. The van der Waals surface area contributed by atoms with Crippen molar-refractivity contribution in [2.75, 3.05) is 13.2 Å². The van der Waals surface area contributed by atoms with Gasteiger partial charge in [-0.25, -0.2) is 0 Å². The van der Waals surface area contributed by atoms with E-state index in [1.54, 1.807) is 6.07 Å². The second-order valence-electron chi connectivity index (χ2n) is 4.31. The van der Waals surface area contributed by atoms with E-state index >= 15 is 0 Å². The molecule has 108 valence electrons. The minimum atomic E-state index is -0.0855. The molecule has 1 aromatic heterocycles.